The van der Waals surface area contributed by atoms with Crippen LogP contribution in [0.1, 0.15) is 60.8 Å². The van der Waals surface area contributed by atoms with Crippen LogP contribution in [-0.2, 0) is 14.0 Å². The number of allylic oxidation sites excluding steroid dienone is 1. The van der Waals surface area contributed by atoms with Crippen LogP contribution in [0.5, 0.6) is 0 Å². The monoisotopic (exact) mass is 340 g/mol. The minimum atomic E-state index is -1.83. The Morgan fingerprint density at radius 3 is 2.39 bits per heavy atom. The van der Waals surface area contributed by atoms with E-state index in [9.17, 15) is 4.79 Å². The number of ether oxygens (including phenoxy) is 1. The first kappa shape index (κ1) is 20.4. The Labute approximate surface area is 144 Å². The van der Waals surface area contributed by atoms with Crippen LogP contribution in [0.3, 0.4) is 0 Å². The van der Waals surface area contributed by atoms with E-state index in [0.717, 1.165) is 18.4 Å². The van der Waals surface area contributed by atoms with Gasteiger partial charge in [0.25, 0.3) is 0 Å². The molecule has 0 saturated heterocycles. The highest BCUT2D eigenvalue weighted by Gasteiger charge is 2.46. The molecule has 0 aromatic rings. The van der Waals surface area contributed by atoms with Crippen LogP contribution in [0.2, 0.25) is 18.1 Å². The number of esters is 1. The Kier molecular flexibility index (Phi) is 6.31. The number of hydrogen-bond acceptors (Lipinski definition) is 3. The van der Waals surface area contributed by atoms with Crippen LogP contribution < -0.4 is 0 Å². The van der Waals surface area contributed by atoms with Gasteiger partial charge in [0.1, 0.15) is 0 Å². The van der Waals surface area contributed by atoms with Crippen molar-refractivity contribution in [3.8, 4) is 0 Å². The highest BCUT2D eigenvalue weighted by molar-refractivity contribution is 6.74. The van der Waals surface area contributed by atoms with Crippen molar-refractivity contribution in [2.75, 3.05) is 6.61 Å². The molecule has 1 saturated carbocycles. The normalized spacial score (nSPS) is 25.3. The molecule has 0 amide bonds. The van der Waals surface area contributed by atoms with Gasteiger partial charge in [0.15, 0.2) is 8.32 Å². The lowest BCUT2D eigenvalue weighted by Gasteiger charge is -2.48. The van der Waals surface area contributed by atoms with Crippen molar-refractivity contribution in [2.45, 2.75) is 85.0 Å². The van der Waals surface area contributed by atoms with E-state index >= 15 is 0 Å². The molecule has 0 heterocycles. The summed E-state index contributed by atoms with van der Waals surface area (Å²) < 4.78 is 11.8. The van der Waals surface area contributed by atoms with Crippen LogP contribution in [0.4, 0.5) is 0 Å². The molecule has 0 aromatic heterocycles. The van der Waals surface area contributed by atoms with E-state index in [1.807, 2.05) is 6.92 Å². The number of carbonyl (C=O) groups is 1. The van der Waals surface area contributed by atoms with Crippen molar-refractivity contribution in [3.05, 3.63) is 12.2 Å². The van der Waals surface area contributed by atoms with Gasteiger partial charge >= 0.3 is 5.97 Å². The summed E-state index contributed by atoms with van der Waals surface area (Å²) >= 11 is 0. The largest absolute Gasteiger partial charge is 0.466 e. The zero-order valence-corrected chi connectivity index (χ0v) is 17.4. The molecule has 1 aliphatic carbocycles. The molecule has 0 bridgehead atoms. The molecule has 4 heteroatoms. The Hall–Kier alpha value is -0.613. The van der Waals surface area contributed by atoms with Gasteiger partial charge in [-0.1, -0.05) is 46.8 Å². The molecule has 0 N–H and O–H groups in total. The average molecular weight is 341 g/mol. The maximum absolute atomic E-state index is 11.9. The van der Waals surface area contributed by atoms with Gasteiger partial charge in [0.2, 0.25) is 0 Å². The third-order valence-electron chi connectivity index (χ3n) is 5.59. The predicted octanol–water partition coefficient (Wildman–Crippen LogP) is 5.32. The molecular formula is C19H36O3Si. The summed E-state index contributed by atoms with van der Waals surface area (Å²) in [6.07, 6.45) is 2.39. The summed E-state index contributed by atoms with van der Waals surface area (Å²) in [4.78, 5) is 11.9. The molecule has 0 aliphatic heterocycles. The zero-order chi connectivity index (χ0) is 18.1. The molecule has 1 fully saturated rings. The van der Waals surface area contributed by atoms with Gasteiger partial charge in [-0.3, -0.25) is 4.79 Å². The van der Waals surface area contributed by atoms with Gasteiger partial charge in [-0.2, -0.15) is 0 Å². The van der Waals surface area contributed by atoms with Crippen LogP contribution in [0.15, 0.2) is 12.2 Å². The van der Waals surface area contributed by atoms with E-state index in [1.54, 1.807) is 0 Å². The highest BCUT2D eigenvalue weighted by atomic mass is 28.4. The molecule has 1 aliphatic rings. The maximum atomic E-state index is 11.9. The van der Waals surface area contributed by atoms with Crippen LogP contribution >= 0.6 is 0 Å². The minimum Gasteiger partial charge on any atom is -0.466 e. The lowest BCUT2D eigenvalue weighted by atomic mass is 9.68. The topological polar surface area (TPSA) is 35.5 Å². The van der Waals surface area contributed by atoms with E-state index in [0.29, 0.717) is 13.0 Å². The molecule has 2 atom stereocenters. The number of carbonyl (C=O) groups excluding carboxylic acids is 1. The molecule has 134 valence electrons. The molecule has 0 aromatic carbocycles. The van der Waals surface area contributed by atoms with Gasteiger partial charge in [-0.15, -0.1) is 0 Å². The summed E-state index contributed by atoms with van der Waals surface area (Å²) in [5, 5.41) is 0.189. The van der Waals surface area contributed by atoms with Crippen molar-refractivity contribution in [1.29, 1.82) is 0 Å². The Morgan fingerprint density at radius 2 is 1.91 bits per heavy atom. The SMILES string of the molecule is C=C1CC(C)(C)[C@@H](O[Si](C)(C)C(C)(C)C)C[C@H]1CC(=O)OCC. The molecule has 3 nitrogen and oxygen atoms in total. The Bertz CT molecular complexity index is 446. The van der Waals surface area contributed by atoms with E-state index in [-0.39, 0.29) is 28.4 Å². The second-order valence-corrected chi connectivity index (χ2v) is 13.9. The number of rotatable bonds is 5. The smallest absolute Gasteiger partial charge is 0.306 e. The van der Waals surface area contributed by atoms with E-state index in [4.69, 9.17) is 9.16 Å². The predicted molar refractivity (Wildman–Crippen MR) is 99.0 cm³/mol. The molecule has 23 heavy (non-hydrogen) atoms. The van der Waals surface area contributed by atoms with Crippen molar-refractivity contribution in [2.24, 2.45) is 11.3 Å². The summed E-state index contributed by atoms with van der Waals surface area (Å²) in [6.45, 7) is 22.4. The summed E-state index contributed by atoms with van der Waals surface area (Å²) in [7, 11) is -1.83. The summed E-state index contributed by atoms with van der Waals surface area (Å²) in [5.74, 6) is 0.0567. The van der Waals surface area contributed by atoms with Crippen LogP contribution in [0.25, 0.3) is 0 Å². The molecule has 0 spiro atoms. The molecule has 1 rings (SSSR count). The first-order chi connectivity index (χ1) is 10.3. The fourth-order valence-corrected chi connectivity index (χ4v) is 4.46. The number of hydrogen-bond donors (Lipinski definition) is 0. The first-order valence-corrected chi connectivity index (χ1v) is 11.7. The maximum Gasteiger partial charge on any atom is 0.306 e. The van der Waals surface area contributed by atoms with Gasteiger partial charge < -0.3 is 9.16 Å². The van der Waals surface area contributed by atoms with Gasteiger partial charge in [0, 0.05) is 0 Å². The Balaban J connectivity index is 2.88. The third-order valence-corrected chi connectivity index (χ3v) is 10.1. The van der Waals surface area contributed by atoms with E-state index in [2.05, 4.69) is 54.3 Å². The van der Waals surface area contributed by atoms with Crippen LogP contribution in [-0.4, -0.2) is 27.0 Å². The van der Waals surface area contributed by atoms with Crippen LogP contribution in [0, 0.1) is 11.3 Å². The molecule has 0 radical (unpaired) electrons. The molecule has 0 unspecified atom stereocenters. The van der Waals surface area contributed by atoms with Gasteiger partial charge in [0.05, 0.1) is 19.1 Å². The van der Waals surface area contributed by atoms with Crippen molar-refractivity contribution in [3.63, 3.8) is 0 Å². The Morgan fingerprint density at radius 1 is 1.35 bits per heavy atom. The summed E-state index contributed by atoms with van der Waals surface area (Å²) in [5.41, 5.74) is 1.23. The van der Waals surface area contributed by atoms with Gasteiger partial charge in [-0.25, -0.2) is 0 Å². The standard InChI is InChI=1S/C19H36O3Si/c1-10-21-17(20)12-15-11-16(19(6,7)13-14(15)2)22-23(8,9)18(3,4)5/h15-16H,2,10-13H2,1,3-9H3/t15-,16-/m0/s1. The summed E-state index contributed by atoms with van der Waals surface area (Å²) in [6, 6.07) is 0. The average Bonchev–Trinajstić information content (AvgIpc) is 2.33. The minimum absolute atomic E-state index is 0.0672. The van der Waals surface area contributed by atoms with Crippen molar-refractivity contribution >= 4 is 14.3 Å². The van der Waals surface area contributed by atoms with Crippen molar-refractivity contribution in [1.82, 2.24) is 0 Å². The second kappa shape index (κ2) is 7.10. The fraction of sp³-hybridized carbons (Fsp3) is 0.842. The fourth-order valence-electron chi connectivity index (χ4n) is 2.98. The van der Waals surface area contributed by atoms with E-state index < -0.39 is 8.32 Å². The third kappa shape index (κ3) is 5.18. The zero-order valence-electron chi connectivity index (χ0n) is 16.4. The van der Waals surface area contributed by atoms with Crippen molar-refractivity contribution < 1.29 is 14.0 Å². The lowest BCUT2D eigenvalue weighted by molar-refractivity contribution is -0.144. The molecular weight excluding hydrogens is 304 g/mol. The quantitative estimate of drug-likeness (QED) is 0.386. The second-order valence-electron chi connectivity index (χ2n) is 9.13. The van der Waals surface area contributed by atoms with Gasteiger partial charge in [-0.05, 0) is 49.2 Å². The first-order valence-electron chi connectivity index (χ1n) is 8.81. The lowest BCUT2D eigenvalue weighted by Crippen LogP contribution is -2.50. The van der Waals surface area contributed by atoms with E-state index in [1.165, 1.54) is 0 Å². The highest BCUT2D eigenvalue weighted by Crippen LogP contribution is 2.47.